The van der Waals surface area contributed by atoms with Gasteiger partial charge in [-0.15, -0.1) is 0 Å². The number of rotatable bonds is 5. The van der Waals surface area contributed by atoms with Crippen molar-refractivity contribution in [3.05, 3.63) is 54.2 Å². The van der Waals surface area contributed by atoms with Crippen molar-refractivity contribution < 1.29 is 14.4 Å². The van der Waals surface area contributed by atoms with Crippen molar-refractivity contribution in [3.63, 3.8) is 0 Å². The van der Waals surface area contributed by atoms with E-state index in [-0.39, 0.29) is 12.3 Å². The van der Waals surface area contributed by atoms with Gasteiger partial charge in [0.1, 0.15) is 23.3 Å². The molecule has 4 aromatic heterocycles. The highest BCUT2D eigenvalue weighted by Crippen LogP contribution is 2.35. The number of carbonyl (C=O) groups excluding carboxylic acids is 1. The van der Waals surface area contributed by atoms with Gasteiger partial charge in [-0.2, -0.15) is 0 Å². The standard InChI is InChI=1S/C23H21FN6O2/c1-3-18(29-32)19-6-12(2)16(11-26-19)14-7-13-10-27-21(28-23(31)15-8-17(15)24)9-20(13)30-5-4-25-22(14)30/h4-7,9-11,15,17,32H,3,8H2,1-2H3,(H,27,28,31)/b29-18-/t15-,17+/m0/s1. The molecule has 1 fully saturated rings. The summed E-state index contributed by atoms with van der Waals surface area (Å²) in [6.07, 6.45) is 6.77. The molecule has 0 spiro atoms. The fourth-order valence-electron chi connectivity index (χ4n) is 3.91. The van der Waals surface area contributed by atoms with Gasteiger partial charge in [0.25, 0.3) is 0 Å². The zero-order chi connectivity index (χ0) is 22.4. The van der Waals surface area contributed by atoms with Gasteiger partial charge in [0.2, 0.25) is 5.91 Å². The monoisotopic (exact) mass is 432 g/mol. The number of nitrogens with one attached hydrogen (secondary N) is 1. The molecule has 0 saturated heterocycles. The van der Waals surface area contributed by atoms with Crippen LogP contribution in [0.3, 0.4) is 0 Å². The third-order valence-corrected chi connectivity index (χ3v) is 5.81. The Morgan fingerprint density at radius 3 is 2.75 bits per heavy atom. The van der Waals surface area contributed by atoms with Crippen LogP contribution < -0.4 is 5.32 Å². The number of aryl methyl sites for hydroxylation is 1. The van der Waals surface area contributed by atoms with Gasteiger partial charge in [0, 0.05) is 47.4 Å². The summed E-state index contributed by atoms with van der Waals surface area (Å²) in [6.45, 7) is 3.88. The molecule has 1 saturated carbocycles. The first-order chi connectivity index (χ1) is 15.5. The molecule has 8 nitrogen and oxygen atoms in total. The maximum Gasteiger partial charge on any atom is 0.231 e. The van der Waals surface area contributed by atoms with E-state index >= 15 is 0 Å². The molecule has 2 atom stereocenters. The predicted molar refractivity (Wildman–Crippen MR) is 119 cm³/mol. The Hall–Kier alpha value is -3.88. The van der Waals surface area contributed by atoms with Crippen LogP contribution in [-0.4, -0.2) is 42.4 Å². The smallest absolute Gasteiger partial charge is 0.231 e. The molecule has 4 heterocycles. The van der Waals surface area contributed by atoms with E-state index in [4.69, 9.17) is 0 Å². The highest BCUT2D eigenvalue weighted by molar-refractivity contribution is 6.00. The zero-order valence-corrected chi connectivity index (χ0v) is 17.6. The molecule has 32 heavy (non-hydrogen) atoms. The number of pyridine rings is 3. The number of carbonyl (C=O) groups is 1. The van der Waals surface area contributed by atoms with E-state index < -0.39 is 12.1 Å². The normalized spacial score (nSPS) is 18.3. The predicted octanol–water partition coefficient (Wildman–Crippen LogP) is 4.14. The number of hydrogen-bond acceptors (Lipinski definition) is 6. The molecular formula is C23H21FN6O2. The molecule has 0 aromatic carbocycles. The molecule has 0 unspecified atom stereocenters. The lowest BCUT2D eigenvalue weighted by Gasteiger charge is -2.12. The number of hydrogen-bond donors (Lipinski definition) is 2. The van der Waals surface area contributed by atoms with Crippen molar-refractivity contribution in [2.75, 3.05) is 5.32 Å². The van der Waals surface area contributed by atoms with Crippen LogP contribution in [0.15, 0.2) is 48.1 Å². The second-order valence-corrected chi connectivity index (χ2v) is 7.94. The number of halogens is 1. The summed E-state index contributed by atoms with van der Waals surface area (Å²) in [5, 5.41) is 16.1. The minimum Gasteiger partial charge on any atom is -0.411 e. The molecule has 0 radical (unpaired) electrons. The van der Waals surface area contributed by atoms with Crippen molar-refractivity contribution in [1.29, 1.82) is 0 Å². The van der Waals surface area contributed by atoms with Gasteiger partial charge in [0.15, 0.2) is 0 Å². The van der Waals surface area contributed by atoms with Crippen molar-refractivity contribution in [2.45, 2.75) is 32.9 Å². The van der Waals surface area contributed by atoms with Crippen LogP contribution in [0, 0.1) is 12.8 Å². The molecular weight excluding hydrogens is 411 g/mol. The van der Waals surface area contributed by atoms with E-state index in [2.05, 4.69) is 25.4 Å². The third-order valence-electron chi connectivity index (χ3n) is 5.81. The molecule has 2 N–H and O–H groups in total. The van der Waals surface area contributed by atoms with Crippen molar-refractivity contribution >= 4 is 34.0 Å². The maximum atomic E-state index is 13.2. The van der Waals surface area contributed by atoms with Crippen LogP contribution >= 0.6 is 0 Å². The first-order valence-corrected chi connectivity index (χ1v) is 10.4. The second-order valence-electron chi connectivity index (χ2n) is 7.94. The summed E-state index contributed by atoms with van der Waals surface area (Å²) in [4.78, 5) is 25.4. The fraction of sp³-hybridized carbons (Fsp3) is 0.261. The van der Waals surface area contributed by atoms with Crippen molar-refractivity contribution in [2.24, 2.45) is 11.1 Å². The van der Waals surface area contributed by atoms with Gasteiger partial charge in [-0.3, -0.25) is 14.2 Å². The van der Waals surface area contributed by atoms with Crippen LogP contribution in [0.2, 0.25) is 0 Å². The Bertz CT molecular complexity index is 1400. The summed E-state index contributed by atoms with van der Waals surface area (Å²) < 4.78 is 15.1. The Morgan fingerprint density at radius 2 is 2.06 bits per heavy atom. The second kappa shape index (κ2) is 7.67. The van der Waals surface area contributed by atoms with Gasteiger partial charge >= 0.3 is 0 Å². The van der Waals surface area contributed by atoms with Crippen LogP contribution in [0.5, 0.6) is 0 Å². The fourth-order valence-corrected chi connectivity index (χ4v) is 3.91. The summed E-state index contributed by atoms with van der Waals surface area (Å²) >= 11 is 0. The van der Waals surface area contributed by atoms with Gasteiger partial charge in [-0.25, -0.2) is 14.4 Å². The Kier molecular flexibility index (Phi) is 4.80. The highest BCUT2D eigenvalue weighted by atomic mass is 19.1. The number of aromatic nitrogens is 4. The van der Waals surface area contributed by atoms with E-state index in [9.17, 15) is 14.4 Å². The minimum absolute atomic E-state index is 0.268. The molecule has 0 bridgehead atoms. The molecule has 5 rings (SSSR count). The maximum absolute atomic E-state index is 13.2. The van der Waals surface area contributed by atoms with E-state index in [1.54, 1.807) is 24.7 Å². The lowest BCUT2D eigenvalue weighted by molar-refractivity contribution is -0.117. The average molecular weight is 432 g/mol. The van der Waals surface area contributed by atoms with Crippen LogP contribution in [0.25, 0.3) is 27.7 Å². The summed E-state index contributed by atoms with van der Waals surface area (Å²) in [5.74, 6) is -0.546. The Labute approximate surface area is 182 Å². The third kappa shape index (κ3) is 3.35. The van der Waals surface area contributed by atoms with E-state index in [0.29, 0.717) is 23.6 Å². The van der Waals surface area contributed by atoms with Crippen molar-refractivity contribution in [3.8, 4) is 11.1 Å². The van der Waals surface area contributed by atoms with Crippen LogP contribution in [0.4, 0.5) is 10.2 Å². The van der Waals surface area contributed by atoms with E-state index in [0.717, 1.165) is 33.2 Å². The topological polar surface area (TPSA) is 105 Å². The number of nitrogens with zero attached hydrogens (tertiary/aromatic N) is 5. The number of fused-ring (bicyclic) bond motifs is 3. The van der Waals surface area contributed by atoms with E-state index in [1.165, 1.54) is 0 Å². The average Bonchev–Trinajstić information content (AvgIpc) is 3.31. The molecule has 162 valence electrons. The van der Waals surface area contributed by atoms with Gasteiger partial charge < -0.3 is 10.5 Å². The van der Waals surface area contributed by atoms with Gasteiger partial charge in [-0.1, -0.05) is 12.1 Å². The highest BCUT2D eigenvalue weighted by Gasteiger charge is 2.43. The molecule has 1 amide bonds. The lowest BCUT2D eigenvalue weighted by Crippen LogP contribution is -2.16. The number of imidazole rings is 1. The quantitative estimate of drug-likeness (QED) is 0.280. The minimum atomic E-state index is -1.06. The molecule has 0 aliphatic heterocycles. The largest absolute Gasteiger partial charge is 0.411 e. The van der Waals surface area contributed by atoms with Crippen molar-refractivity contribution in [1.82, 2.24) is 19.4 Å². The molecule has 1 aliphatic rings. The SMILES string of the molecule is CC/C(=N/O)c1cc(C)c(-c2cc3cnc(NC(=O)[C@H]4C[C@H]4F)cc3n3ccnc23)cn1. The number of anilines is 1. The van der Waals surface area contributed by atoms with Crippen LogP contribution in [-0.2, 0) is 4.79 Å². The first kappa shape index (κ1) is 20.0. The molecule has 9 heteroatoms. The summed E-state index contributed by atoms with van der Waals surface area (Å²) in [6, 6.07) is 5.64. The van der Waals surface area contributed by atoms with Gasteiger partial charge in [-0.05, 0) is 37.5 Å². The summed E-state index contributed by atoms with van der Waals surface area (Å²) in [7, 11) is 0. The molecule has 1 aliphatic carbocycles. The first-order valence-electron chi connectivity index (χ1n) is 10.4. The number of oxime groups is 1. The summed E-state index contributed by atoms with van der Waals surface area (Å²) in [5.41, 5.74) is 5.46. The van der Waals surface area contributed by atoms with E-state index in [1.807, 2.05) is 36.6 Å². The molecule has 4 aromatic rings. The Morgan fingerprint density at radius 1 is 1.25 bits per heavy atom. The lowest BCUT2D eigenvalue weighted by atomic mass is 10.0. The zero-order valence-electron chi connectivity index (χ0n) is 17.6. The number of amides is 1. The number of alkyl halides is 1. The van der Waals surface area contributed by atoms with Gasteiger partial charge in [0.05, 0.1) is 17.1 Å². The Balaban J connectivity index is 1.58. The van der Waals surface area contributed by atoms with Crippen LogP contribution in [0.1, 0.15) is 31.0 Å².